The number of hydrogen-bond acceptors (Lipinski definition) is 2. The van der Waals surface area contributed by atoms with Gasteiger partial charge in [0.1, 0.15) is 0 Å². The fourth-order valence-electron chi connectivity index (χ4n) is 1.38. The van der Waals surface area contributed by atoms with Crippen molar-refractivity contribution in [2.24, 2.45) is 0 Å². The van der Waals surface area contributed by atoms with Crippen LogP contribution in [0.15, 0.2) is 24.3 Å². The number of nitrogens with zero attached hydrogens (tertiary/aromatic N) is 1. The van der Waals surface area contributed by atoms with E-state index >= 15 is 0 Å². The molecular weight excluding hydrogens is 214 g/mol. The number of rotatable bonds is 4. The van der Waals surface area contributed by atoms with E-state index in [1.807, 2.05) is 38.2 Å². The van der Waals surface area contributed by atoms with Crippen LogP contribution in [0.4, 0.5) is 10.5 Å². The highest BCUT2D eigenvalue weighted by Gasteiger charge is 2.07. The molecule has 4 heteroatoms. The van der Waals surface area contributed by atoms with Gasteiger partial charge in [0.2, 0.25) is 0 Å². The van der Waals surface area contributed by atoms with E-state index in [2.05, 4.69) is 17.6 Å². The van der Waals surface area contributed by atoms with Gasteiger partial charge in [-0.2, -0.15) is 0 Å². The van der Waals surface area contributed by atoms with Crippen LogP contribution in [0.5, 0.6) is 0 Å². The molecule has 0 spiro atoms. The first-order valence-electron chi connectivity index (χ1n) is 5.87. The van der Waals surface area contributed by atoms with Gasteiger partial charge in [-0.15, -0.1) is 0 Å². The number of carbonyl (C=O) groups is 1. The molecule has 1 rings (SSSR count). The predicted octanol–water partition coefficient (Wildman–Crippen LogP) is 2.45. The summed E-state index contributed by atoms with van der Waals surface area (Å²) in [6, 6.07) is 8.11. The van der Waals surface area contributed by atoms with Crippen molar-refractivity contribution in [1.82, 2.24) is 10.2 Å². The van der Waals surface area contributed by atoms with Crippen LogP contribution in [0, 0.1) is 0 Å². The fourth-order valence-corrected chi connectivity index (χ4v) is 1.38. The van der Waals surface area contributed by atoms with Crippen molar-refractivity contribution in [1.29, 1.82) is 0 Å². The molecule has 2 amide bonds. The number of nitrogens with one attached hydrogen (secondary N) is 2. The first-order chi connectivity index (χ1) is 8.08. The Hall–Kier alpha value is -1.55. The van der Waals surface area contributed by atoms with Gasteiger partial charge in [-0.05, 0) is 38.6 Å². The molecule has 1 aromatic carbocycles. The average Bonchev–Trinajstić information content (AvgIpc) is 2.37. The van der Waals surface area contributed by atoms with Gasteiger partial charge in [0.25, 0.3) is 0 Å². The van der Waals surface area contributed by atoms with Crippen molar-refractivity contribution in [3.05, 3.63) is 29.8 Å². The lowest BCUT2D eigenvalue weighted by atomic mass is 10.1. The van der Waals surface area contributed by atoms with Gasteiger partial charge < -0.3 is 15.5 Å². The molecule has 0 fully saturated rings. The molecule has 1 unspecified atom stereocenters. The molecule has 0 aliphatic heterocycles. The maximum Gasteiger partial charge on any atom is 0.321 e. The van der Waals surface area contributed by atoms with Crippen LogP contribution in [0.3, 0.4) is 0 Å². The van der Waals surface area contributed by atoms with Crippen LogP contribution in [0.2, 0.25) is 0 Å². The maximum atomic E-state index is 11.6. The summed E-state index contributed by atoms with van der Waals surface area (Å²) in [5.74, 6) is 0. The molecule has 0 radical (unpaired) electrons. The number of carbonyl (C=O) groups excluding carboxylic acids is 1. The van der Waals surface area contributed by atoms with Gasteiger partial charge in [0.15, 0.2) is 0 Å². The van der Waals surface area contributed by atoms with Crippen molar-refractivity contribution in [2.75, 3.05) is 26.0 Å². The summed E-state index contributed by atoms with van der Waals surface area (Å²) in [7, 11) is 3.70. The SMILES string of the molecule is CCN(C)C(=O)Nc1ccc(C(C)NC)cc1. The molecule has 94 valence electrons. The monoisotopic (exact) mass is 235 g/mol. The molecule has 0 aliphatic rings. The number of anilines is 1. The summed E-state index contributed by atoms with van der Waals surface area (Å²) in [6.45, 7) is 4.73. The molecule has 0 saturated carbocycles. The van der Waals surface area contributed by atoms with Gasteiger partial charge in [-0.25, -0.2) is 4.79 Å². The molecule has 17 heavy (non-hydrogen) atoms. The number of benzene rings is 1. The topological polar surface area (TPSA) is 44.4 Å². The summed E-state index contributed by atoms with van der Waals surface area (Å²) in [5, 5.41) is 6.02. The Kier molecular flexibility index (Phi) is 4.97. The third-order valence-corrected chi connectivity index (χ3v) is 2.92. The van der Waals surface area contributed by atoms with Gasteiger partial charge in [-0.3, -0.25) is 0 Å². The number of urea groups is 1. The highest BCUT2D eigenvalue weighted by molar-refractivity contribution is 5.89. The van der Waals surface area contributed by atoms with Crippen LogP contribution < -0.4 is 10.6 Å². The van der Waals surface area contributed by atoms with Gasteiger partial charge in [0, 0.05) is 25.3 Å². The smallest absolute Gasteiger partial charge is 0.321 e. The lowest BCUT2D eigenvalue weighted by Gasteiger charge is -2.16. The zero-order valence-corrected chi connectivity index (χ0v) is 10.9. The quantitative estimate of drug-likeness (QED) is 0.842. The second-order valence-electron chi connectivity index (χ2n) is 4.08. The zero-order chi connectivity index (χ0) is 12.8. The van der Waals surface area contributed by atoms with E-state index in [1.165, 1.54) is 5.56 Å². The summed E-state index contributed by atoms with van der Waals surface area (Å²) in [6.07, 6.45) is 0. The lowest BCUT2D eigenvalue weighted by Crippen LogP contribution is -2.30. The normalized spacial score (nSPS) is 12.0. The van der Waals surface area contributed by atoms with E-state index < -0.39 is 0 Å². The van der Waals surface area contributed by atoms with Crippen molar-refractivity contribution < 1.29 is 4.79 Å². The van der Waals surface area contributed by atoms with Gasteiger partial charge in [0.05, 0.1) is 0 Å². The average molecular weight is 235 g/mol. The first kappa shape index (κ1) is 13.5. The molecule has 1 atom stereocenters. The standard InChI is InChI=1S/C13H21N3O/c1-5-16(4)13(17)15-12-8-6-11(7-9-12)10(2)14-3/h6-10,14H,5H2,1-4H3,(H,15,17). The molecule has 0 aromatic heterocycles. The third kappa shape index (κ3) is 3.75. The van der Waals surface area contributed by atoms with Gasteiger partial charge in [-0.1, -0.05) is 12.1 Å². The van der Waals surface area contributed by atoms with E-state index in [-0.39, 0.29) is 6.03 Å². The molecule has 4 nitrogen and oxygen atoms in total. The second-order valence-corrected chi connectivity index (χ2v) is 4.08. The van der Waals surface area contributed by atoms with Crippen LogP contribution in [0.25, 0.3) is 0 Å². The van der Waals surface area contributed by atoms with Crippen molar-refractivity contribution in [3.63, 3.8) is 0 Å². The van der Waals surface area contributed by atoms with E-state index in [9.17, 15) is 4.79 Å². The summed E-state index contributed by atoms with van der Waals surface area (Å²) < 4.78 is 0. The van der Waals surface area contributed by atoms with Crippen LogP contribution in [0.1, 0.15) is 25.5 Å². The van der Waals surface area contributed by atoms with Crippen molar-refractivity contribution >= 4 is 11.7 Å². The Labute approximate surface area is 103 Å². The van der Waals surface area contributed by atoms with Crippen LogP contribution in [-0.4, -0.2) is 31.6 Å². The van der Waals surface area contributed by atoms with Crippen LogP contribution in [-0.2, 0) is 0 Å². The minimum absolute atomic E-state index is 0.0816. The Morgan fingerprint density at radius 1 is 1.35 bits per heavy atom. The Bertz CT molecular complexity index is 361. The first-order valence-corrected chi connectivity index (χ1v) is 5.87. The molecule has 0 bridgehead atoms. The lowest BCUT2D eigenvalue weighted by molar-refractivity contribution is 0.224. The largest absolute Gasteiger partial charge is 0.328 e. The minimum Gasteiger partial charge on any atom is -0.328 e. The predicted molar refractivity (Wildman–Crippen MR) is 71.2 cm³/mol. The Balaban J connectivity index is 2.65. The molecular formula is C13H21N3O. The second kappa shape index (κ2) is 6.25. The molecule has 0 aliphatic carbocycles. The molecule has 1 aromatic rings. The number of amides is 2. The van der Waals surface area contributed by atoms with Crippen molar-refractivity contribution in [3.8, 4) is 0 Å². The molecule has 2 N–H and O–H groups in total. The highest BCUT2D eigenvalue weighted by Crippen LogP contribution is 2.15. The molecule has 0 saturated heterocycles. The van der Waals surface area contributed by atoms with Gasteiger partial charge >= 0.3 is 6.03 Å². The summed E-state index contributed by atoms with van der Waals surface area (Å²) in [5.41, 5.74) is 2.02. The van der Waals surface area contributed by atoms with E-state index in [1.54, 1.807) is 11.9 Å². The maximum absolute atomic E-state index is 11.6. The summed E-state index contributed by atoms with van der Waals surface area (Å²) in [4.78, 5) is 13.3. The Morgan fingerprint density at radius 2 is 1.94 bits per heavy atom. The fraction of sp³-hybridized carbons (Fsp3) is 0.462. The van der Waals surface area contributed by atoms with Crippen LogP contribution >= 0.6 is 0 Å². The van der Waals surface area contributed by atoms with Crippen molar-refractivity contribution in [2.45, 2.75) is 19.9 Å². The van der Waals surface area contributed by atoms with E-state index in [0.29, 0.717) is 12.6 Å². The number of hydrogen-bond donors (Lipinski definition) is 2. The minimum atomic E-state index is -0.0816. The van der Waals surface area contributed by atoms with E-state index in [0.717, 1.165) is 5.69 Å². The highest BCUT2D eigenvalue weighted by atomic mass is 16.2. The summed E-state index contributed by atoms with van der Waals surface area (Å²) >= 11 is 0. The zero-order valence-electron chi connectivity index (χ0n) is 10.9. The van der Waals surface area contributed by atoms with E-state index in [4.69, 9.17) is 0 Å². The Morgan fingerprint density at radius 3 is 2.41 bits per heavy atom. The molecule has 0 heterocycles. The third-order valence-electron chi connectivity index (χ3n) is 2.92.